The Hall–Kier alpha value is -0.900. The summed E-state index contributed by atoms with van der Waals surface area (Å²) in [6.45, 7) is 14.4. The molecule has 0 aromatic rings. The summed E-state index contributed by atoms with van der Waals surface area (Å²) in [6.07, 6.45) is 2.61. The van der Waals surface area contributed by atoms with Crippen molar-refractivity contribution in [2.75, 3.05) is 13.7 Å². The van der Waals surface area contributed by atoms with Gasteiger partial charge in [0, 0.05) is 38.0 Å². The molecule has 0 aliphatic heterocycles. The molecule has 0 fully saturated rings. The Morgan fingerprint density at radius 1 is 1.14 bits per heavy atom. The van der Waals surface area contributed by atoms with Crippen LogP contribution in [0.15, 0.2) is 0 Å². The van der Waals surface area contributed by atoms with Gasteiger partial charge in [-0.05, 0) is 40.5 Å². The fourth-order valence-corrected chi connectivity index (χ4v) is 2.14. The fraction of sp³-hybridized carbons (Fsp3) is 0.889. The lowest BCUT2D eigenvalue weighted by molar-refractivity contribution is -0.136. The minimum absolute atomic E-state index is 0.0390. The number of hydrogen-bond donors (Lipinski definition) is 0. The van der Waals surface area contributed by atoms with Gasteiger partial charge in [0.1, 0.15) is 5.78 Å². The molecule has 0 bridgehead atoms. The van der Waals surface area contributed by atoms with Gasteiger partial charge in [0.15, 0.2) is 0 Å². The van der Waals surface area contributed by atoms with Gasteiger partial charge in [0.2, 0.25) is 5.91 Å². The second-order valence-electron chi connectivity index (χ2n) is 7.67. The molecule has 0 aromatic heterocycles. The third kappa shape index (κ3) is 7.39. The quantitative estimate of drug-likeness (QED) is 0.616. The molecule has 0 spiro atoms. The Bertz CT molecular complexity index is 373. The Labute approximate surface area is 136 Å². The molecule has 4 heteroatoms. The molecule has 22 heavy (non-hydrogen) atoms. The summed E-state index contributed by atoms with van der Waals surface area (Å²) in [4.78, 5) is 25.7. The molecule has 1 amide bonds. The number of hydrogen-bond acceptors (Lipinski definition) is 3. The number of rotatable bonds is 10. The van der Waals surface area contributed by atoms with E-state index in [4.69, 9.17) is 4.74 Å². The summed E-state index contributed by atoms with van der Waals surface area (Å²) in [5.41, 5.74) is -0.701. The molecular formula is C18H35NO3. The molecule has 0 atom stereocenters. The van der Waals surface area contributed by atoms with E-state index in [0.717, 1.165) is 12.8 Å². The Morgan fingerprint density at radius 2 is 1.68 bits per heavy atom. The molecule has 0 heterocycles. The molecule has 0 rings (SSSR count). The van der Waals surface area contributed by atoms with Crippen LogP contribution in [0.3, 0.4) is 0 Å². The molecule has 4 nitrogen and oxygen atoms in total. The SMILES string of the molecule is CCCC(=O)N(C)C(C)(C)CCOC(C)(C)CC(=O)C(C)C. The molecule has 0 saturated carbocycles. The van der Waals surface area contributed by atoms with Gasteiger partial charge in [0.05, 0.1) is 5.60 Å². The van der Waals surface area contributed by atoms with Crippen LogP contribution < -0.4 is 0 Å². The molecular weight excluding hydrogens is 278 g/mol. The highest BCUT2D eigenvalue weighted by atomic mass is 16.5. The van der Waals surface area contributed by atoms with Crippen molar-refractivity contribution in [3.05, 3.63) is 0 Å². The van der Waals surface area contributed by atoms with Gasteiger partial charge in [-0.25, -0.2) is 0 Å². The van der Waals surface area contributed by atoms with Crippen molar-refractivity contribution in [2.45, 2.75) is 85.3 Å². The van der Waals surface area contributed by atoms with Gasteiger partial charge in [-0.3, -0.25) is 9.59 Å². The predicted octanol–water partition coefficient (Wildman–Crippen LogP) is 3.82. The van der Waals surface area contributed by atoms with Gasteiger partial charge in [-0.15, -0.1) is 0 Å². The molecule has 0 saturated heterocycles. The van der Waals surface area contributed by atoms with Crippen LogP contribution >= 0.6 is 0 Å². The summed E-state index contributed by atoms with van der Waals surface area (Å²) >= 11 is 0. The van der Waals surface area contributed by atoms with Crippen molar-refractivity contribution >= 4 is 11.7 Å². The van der Waals surface area contributed by atoms with Crippen molar-refractivity contribution in [1.29, 1.82) is 0 Å². The minimum atomic E-state index is -0.455. The first-order valence-electron chi connectivity index (χ1n) is 8.36. The lowest BCUT2D eigenvalue weighted by atomic mass is 9.95. The summed E-state index contributed by atoms with van der Waals surface area (Å²) in [7, 11) is 1.85. The van der Waals surface area contributed by atoms with Crippen LogP contribution in [0.5, 0.6) is 0 Å². The number of amides is 1. The van der Waals surface area contributed by atoms with Gasteiger partial charge in [0.25, 0.3) is 0 Å². The first kappa shape index (κ1) is 21.1. The number of carbonyl (C=O) groups is 2. The second kappa shape index (κ2) is 8.66. The van der Waals surface area contributed by atoms with Gasteiger partial charge >= 0.3 is 0 Å². The predicted molar refractivity (Wildman–Crippen MR) is 90.9 cm³/mol. The summed E-state index contributed by atoms with van der Waals surface area (Å²) in [5.74, 6) is 0.429. The van der Waals surface area contributed by atoms with E-state index in [2.05, 4.69) is 13.8 Å². The first-order chi connectivity index (χ1) is 9.93. The van der Waals surface area contributed by atoms with Crippen LogP contribution in [-0.4, -0.2) is 41.4 Å². The highest BCUT2D eigenvalue weighted by Crippen LogP contribution is 2.22. The number of ketones is 1. The Kier molecular flexibility index (Phi) is 8.30. The molecule has 0 aromatic carbocycles. The number of ether oxygens (including phenoxy) is 1. The van der Waals surface area contributed by atoms with E-state index in [9.17, 15) is 9.59 Å². The zero-order valence-corrected chi connectivity index (χ0v) is 15.8. The highest BCUT2D eigenvalue weighted by Gasteiger charge is 2.29. The summed E-state index contributed by atoms with van der Waals surface area (Å²) < 4.78 is 5.92. The van der Waals surface area contributed by atoms with E-state index in [1.165, 1.54) is 0 Å². The Balaban J connectivity index is 4.42. The van der Waals surface area contributed by atoms with Crippen LogP contribution in [-0.2, 0) is 14.3 Å². The van der Waals surface area contributed by atoms with Crippen LogP contribution in [0.1, 0.15) is 74.1 Å². The van der Waals surface area contributed by atoms with E-state index in [0.29, 0.717) is 19.4 Å². The van der Waals surface area contributed by atoms with Crippen LogP contribution in [0, 0.1) is 5.92 Å². The van der Waals surface area contributed by atoms with Crippen molar-refractivity contribution in [3.63, 3.8) is 0 Å². The number of Topliss-reactive ketones (excluding diaryl/α,β-unsaturated/α-hetero) is 1. The number of nitrogens with zero attached hydrogens (tertiary/aromatic N) is 1. The van der Waals surface area contributed by atoms with Crippen LogP contribution in [0.2, 0.25) is 0 Å². The largest absolute Gasteiger partial charge is 0.375 e. The second-order valence-corrected chi connectivity index (χ2v) is 7.67. The number of carbonyl (C=O) groups excluding carboxylic acids is 2. The van der Waals surface area contributed by atoms with Crippen molar-refractivity contribution in [2.24, 2.45) is 5.92 Å². The molecule has 0 aliphatic carbocycles. The zero-order chi connectivity index (χ0) is 17.6. The maximum atomic E-state index is 12.0. The zero-order valence-electron chi connectivity index (χ0n) is 15.8. The van der Waals surface area contributed by atoms with E-state index >= 15 is 0 Å². The molecule has 0 radical (unpaired) electrons. The van der Waals surface area contributed by atoms with Crippen molar-refractivity contribution < 1.29 is 14.3 Å². The lowest BCUT2D eigenvalue weighted by Gasteiger charge is -2.37. The van der Waals surface area contributed by atoms with Gasteiger partial charge < -0.3 is 9.64 Å². The van der Waals surface area contributed by atoms with E-state index < -0.39 is 5.60 Å². The normalized spacial score (nSPS) is 12.6. The summed E-state index contributed by atoms with van der Waals surface area (Å²) in [6, 6.07) is 0. The monoisotopic (exact) mass is 313 g/mol. The smallest absolute Gasteiger partial charge is 0.222 e. The molecule has 130 valence electrons. The minimum Gasteiger partial charge on any atom is -0.375 e. The standard InChI is InChI=1S/C18H35NO3/c1-9-10-16(21)19(8)17(4,5)11-12-22-18(6,7)13-15(20)14(2)3/h14H,9-13H2,1-8H3. The average Bonchev–Trinajstić information content (AvgIpc) is 2.36. The maximum Gasteiger partial charge on any atom is 0.222 e. The highest BCUT2D eigenvalue weighted by molar-refractivity contribution is 5.81. The van der Waals surface area contributed by atoms with Crippen molar-refractivity contribution in [1.82, 2.24) is 4.90 Å². The fourth-order valence-electron chi connectivity index (χ4n) is 2.14. The lowest BCUT2D eigenvalue weighted by Crippen LogP contribution is -2.46. The van der Waals surface area contributed by atoms with Gasteiger partial charge in [-0.2, -0.15) is 0 Å². The van der Waals surface area contributed by atoms with Crippen molar-refractivity contribution in [3.8, 4) is 0 Å². The molecule has 0 aliphatic rings. The first-order valence-corrected chi connectivity index (χ1v) is 8.36. The topological polar surface area (TPSA) is 46.6 Å². The third-order valence-corrected chi connectivity index (χ3v) is 4.20. The van der Waals surface area contributed by atoms with E-state index in [1.807, 2.05) is 46.6 Å². The van der Waals surface area contributed by atoms with Gasteiger partial charge in [-0.1, -0.05) is 20.8 Å². The summed E-state index contributed by atoms with van der Waals surface area (Å²) in [5, 5.41) is 0. The molecule has 0 unspecified atom stereocenters. The van der Waals surface area contributed by atoms with Crippen LogP contribution in [0.4, 0.5) is 0 Å². The Morgan fingerprint density at radius 3 is 2.14 bits per heavy atom. The molecule has 0 N–H and O–H groups in total. The maximum absolute atomic E-state index is 12.0. The van der Waals surface area contributed by atoms with E-state index in [1.54, 1.807) is 0 Å². The average molecular weight is 313 g/mol. The van der Waals surface area contributed by atoms with E-state index in [-0.39, 0.29) is 23.1 Å². The van der Waals surface area contributed by atoms with Crippen LogP contribution in [0.25, 0.3) is 0 Å². The third-order valence-electron chi connectivity index (χ3n) is 4.20.